The molecular formula is C33H45BN2O. The number of hydrogen-bond donors (Lipinski definition) is 1. The molecule has 2 aromatic rings. The van der Waals surface area contributed by atoms with Crippen molar-refractivity contribution in [1.29, 1.82) is 0 Å². The van der Waals surface area contributed by atoms with Gasteiger partial charge in [0.05, 0.1) is 6.10 Å². The fraction of sp³-hybridized carbons (Fsp3) is 0.576. The predicted molar refractivity (Wildman–Crippen MR) is 156 cm³/mol. The normalized spacial score (nSPS) is 34.1. The average Bonchev–Trinajstić information content (AvgIpc) is 3.28. The van der Waals surface area contributed by atoms with Crippen LogP contribution in [0.1, 0.15) is 78.2 Å². The number of hydrogen-bond acceptors (Lipinski definition) is 3. The molecular weight excluding hydrogens is 451 g/mol. The molecule has 4 aliphatic rings. The number of fused-ring (bicyclic) bond motifs is 5. The SMILES string of the molecule is CCB(CC)c1cccnc1.C[C@]12CC[C@H](O)CC1=CC[C@@H]1[C@@H]2CC[C@]2(C)C(c3cccnc3)=CC[C@@H]12. The number of nitrogens with zero attached hydrogens (tertiary/aromatic N) is 2. The van der Waals surface area contributed by atoms with E-state index >= 15 is 0 Å². The summed E-state index contributed by atoms with van der Waals surface area (Å²) in [6.07, 6.45) is 23.2. The monoisotopic (exact) mass is 496 g/mol. The van der Waals surface area contributed by atoms with Gasteiger partial charge in [-0.25, -0.2) is 0 Å². The minimum atomic E-state index is -0.106. The van der Waals surface area contributed by atoms with Crippen molar-refractivity contribution in [2.45, 2.75) is 91.4 Å². The Morgan fingerprint density at radius 1 is 0.892 bits per heavy atom. The first kappa shape index (κ1) is 26.4. The van der Waals surface area contributed by atoms with Crippen molar-refractivity contribution in [3.63, 3.8) is 0 Å². The standard InChI is InChI=1S/C24H31NO.C9H14BN/c1-23-11-9-18(26)14-17(23)5-6-19-21-8-7-20(16-4-3-13-25-15-16)24(21,2)12-10-22(19)23;1-3-10(4-2)9-6-5-7-11-8-9/h3-5,7,13,15,18-19,21-22,26H,6,8-12,14H2,1-2H3;5-8H,3-4H2,1-2H3/t18-,19-,21-,22-,23-,24+;/m0./s1. The Morgan fingerprint density at radius 2 is 1.62 bits per heavy atom. The van der Waals surface area contributed by atoms with E-state index in [-0.39, 0.29) is 6.10 Å². The van der Waals surface area contributed by atoms with Gasteiger partial charge in [-0.05, 0) is 96.8 Å². The molecule has 0 saturated heterocycles. The Hall–Kier alpha value is -2.20. The predicted octanol–water partition coefficient (Wildman–Crippen LogP) is 7.22. The quantitative estimate of drug-likeness (QED) is 0.359. The summed E-state index contributed by atoms with van der Waals surface area (Å²) in [4.78, 5) is 8.48. The Morgan fingerprint density at radius 3 is 2.30 bits per heavy atom. The summed E-state index contributed by atoms with van der Waals surface area (Å²) >= 11 is 0. The van der Waals surface area contributed by atoms with Crippen molar-refractivity contribution < 1.29 is 5.11 Å². The summed E-state index contributed by atoms with van der Waals surface area (Å²) in [5.74, 6) is 2.36. The molecule has 6 rings (SSSR count). The van der Waals surface area contributed by atoms with E-state index in [1.807, 2.05) is 30.9 Å². The van der Waals surface area contributed by atoms with Gasteiger partial charge in [0.2, 0.25) is 0 Å². The van der Waals surface area contributed by atoms with E-state index < -0.39 is 0 Å². The fourth-order valence-corrected chi connectivity index (χ4v) is 8.56. The molecule has 0 bridgehead atoms. The van der Waals surface area contributed by atoms with Gasteiger partial charge in [0, 0.05) is 24.8 Å². The molecule has 2 fully saturated rings. The van der Waals surface area contributed by atoms with E-state index in [0.29, 0.717) is 17.5 Å². The number of rotatable bonds is 4. The van der Waals surface area contributed by atoms with Gasteiger partial charge in [-0.2, -0.15) is 0 Å². The zero-order chi connectivity index (χ0) is 26.0. The lowest BCUT2D eigenvalue weighted by atomic mass is 9.42. The van der Waals surface area contributed by atoms with E-state index in [1.54, 1.807) is 11.1 Å². The first-order valence-corrected chi connectivity index (χ1v) is 14.8. The van der Waals surface area contributed by atoms with Crippen LogP contribution in [0.15, 0.2) is 66.8 Å². The van der Waals surface area contributed by atoms with Gasteiger partial charge in [0.1, 0.15) is 0 Å². The summed E-state index contributed by atoms with van der Waals surface area (Å²) in [5, 5.41) is 10.2. The van der Waals surface area contributed by atoms with E-state index in [1.165, 1.54) is 55.8 Å². The second-order valence-electron chi connectivity index (χ2n) is 12.5. The molecule has 0 spiro atoms. The van der Waals surface area contributed by atoms with Crippen molar-refractivity contribution in [1.82, 2.24) is 9.97 Å². The van der Waals surface area contributed by atoms with Crippen LogP contribution in [-0.2, 0) is 0 Å². The molecule has 37 heavy (non-hydrogen) atoms. The van der Waals surface area contributed by atoms with E-state index in [4.69, 9.17) is 0 Å². The van der Waals surface area contributed by atoms with E-state index in [9.17, 15) is 5.11 Å². The van der Waals surface area contributed by atoms with Gasteiger partial charge in [-0.15, -0.1) is 0 Å². The van der Waals surface area contributed by atoms with Crippen LogP contribution in [0.5, 0.6) is 0 Å². The van der Waals surface area contributed by atoms with Crippen LogP contribution < -0.4 is 5.46 Å². The minimum Gasteiger partial charge on any atom is -0.393 e. The molecule has 6 atom stereocenters. The molecule has 0 aromatic carbocycles. The number of aliphatic hydroxyl groups excluding tert-OH is 1. The Bertz CT molecular complexity index is 1110. The maximum Gasteiger partial charge on any atom is 0.177 e. The van der Waals surface area contributed by atoms with Crippen molar-refractivity contribution >= 4 is 17.7 Å². The summed E-state index contributed by atoms with van der Waals surface area (Å²) in [6, 6.07) is 8.47. The van der Waals surface area contributed by atoms with Crippen LogP contribution in [0.2, 0.25) is 12.6 Å². The van der Waals surface area contributed by atoms with Gasteiger partial charge in [0.25, 0.3) is 0 Å². The lowest BCUT2D eigenvalue weighted by molar-refractivity contribution is -0.0238. The summed E-state index contributed by atoms with van der Waals surface area (Å²) in [5.41, 5.74) is 6.46. The van der Waals surface area contributed by atoms with Crippen LogP contribution in [-0.4, -0.2) is 27.9 Å². The number of allylic oxidation sites excluding steroid dienone is 3. The molecule has 2 aromatic heterocycles. The minimum absolute atomic E-state index is 0.106. The summed E-state index contributed by atoms with van der Waals surface area (Å²) in [7, 11) is 0. The molecule has 4 aliphatic carbocycles. The average molecular weight is 497 g/mol. The van der Waals surface area contributed by atoms with Gasteiger partial charge in [-0.3, -0.25) is 9.97 Å². The van der Waals surface area contributed by atoms with Crippen molar-refractivity contribution in [2.24, 2.45) is 28.6 Å². The molecule has 0 unspecified atom stereocenters. The van der Waals surface area contributed by atoms with Gasteiger partial charge in [-0.1, -0.05) is 75.7 Å². The fourth-order valence-electron chi connectivity index (χ4n) is 8.56. The smallest absolute Gasteiger partial charge is 0.177 e. The second-order valence-corrected chi connectivity index (χ2v) is 12.5. The largest absolute Gasteiger partial charge is 0.393 e. The van der Waals surface area contributed by atoms with Crippen LogP contribution in [0.25, 0.3) is 5.57 Å². The molecule has 1 N–H and O–H groups in total. The van der Waals surface area contributed by atoms with Crippen LogP contribution in [0.4, 0.5) is 0 Å². The lowest BCUT2D eigenvalue weighted by Crippen LogP contribution is -2.49. The van der Waals surface area contributed by atoms with Gasteiger partial charge < -0.3 is 5.11 Å². The molecule has 4 heteroatoms. The Balaban J connectivity index is 0.000000215. The third kappa shape index (κ3) is 4.87. The zero-order valence-electron chi connectivity index (χ0n) is 23.4. The maximum atomic E-state index is 10.2. The molecule has 196 valence electrons. The van der Waals surface area contributed by atoms with Crippen LogP contribution in [0.3, 0.4) is 0 Å². The Kier molecular flexibility index (Phi) is 7.77. The second kappa shape index (κ2) is 10.9. The Labute approximate surface area is 225 Å². The van der Waals surface area contributed by atoms with Crippen LogP contribution >= 0.6 is 0 Å². The van der Waals surface area contributed by atoms with Crippen molar-refractivity contribution in [3.05, 3.63) is 72.3 Å². The van der Waals surface area contributed by atoms with E-state index in [0.717, 1.165) is 30.6 Å². The highest BCUT2D eigenvalue weighted by molar-refractivity contribution is 6.72. The van der Waals surface area contributed by atoms with Gasteiger partial charge >= 0.3 is 0 Å². The van der Waals surface area contributed by atoms with E-state index in [2.05, 4.69) is 68.0 Å². The summed E-state index contributed by atoms with van der Waals surface area (Å²) in [6.45, 7) is 10.2. The maximum absolute atomic E-state index is 10.2. The summed E-state index contributed by atoms with van der Waals surface area (Å²) < 4.78 is 0. The van der Waals surface area contributed by atoms with Gasteiger partial charge in [0.15, 0.2) is 6.71 Å². The zero-order valence-corrected chi connectivity index (χ0v) is 23.4. The third-order valence-corrected chi connectivity index (χ3v) is 10.8. The third-order valence-electron chi connectivity index (χ3n) is 10.8. The first-order valence-electron chi connectivity index (χ1n) is 14.8. The molecule has 0 radical (unpaired) electrons. The molecule has 2 heterocycles. The number of aliphatic hydroxyl groups is 1. The molecule has 0 aliphatic heterocycles. The van der Waals surface area contributed by atoms with Crippen molar-refractivity contribution in [2.75, 3.05) is 0 Å². The van der Waals surface area contributed by atoms with Crippen LogP contribution in [0, 0.1) is 28.6 Å². The molecule has 0 amide bonds. The molecule has 2 saturated carbocycles. The highest BCUT2D eigenvalue weighted by Crippen LogP contribution is 2.66. The highest BCUT2D eigenvalue weighted by atomic mass is 16.3. The highest BCUT2D eigenvalue weighted by Gasteiger charge is 2.56. The molecule has 3 nitrogen and oxygen atoms in total. The topological polar surface area (TPSA) is 46.0 Å². The van der Waals surface area contributed by atoms with Crippen molar-refractivity contribution in [3.8, 4) is 0 Å². The lowest BCUT2D eigenvalue weighted by Gasteiger charge is -2.57. The number of pyridine rings is 2. The number of aromatic nitrogens is 2. The first-order chi connectivity index (χ1) is 17.9.